The number of aliphatic hydroxyl groups excluding tert-OH is 1. The molecular weight excluding hydrogens is 356 g/mol. The number of nitrogens with zero attached hydrogens (tertiary/aromatic N) is 2. The summed E-state index contributed by atoms with van der Waals surface area (Å²) in [6.45, 7) is 0. The number of hydrogen-bond acceptors (Lipinski definition) is 4. The summed E-state index contributed by atoms with van der Waals surface area (Å²) in [5.74, 6) is 0. The highest BCUT2D eigenvalue weighted by Crippen LogP contribution is 2.46. The number of hydrogen-bond donors (Lipinski definition) is 1. The number of thioether (sulfide) groups is 1. The van der Waals surface area contributed by atoms with E-state index in [0.29, 0.717) is 28.7 Å². The van der Waals surface area contributed by atoms with Gasteiger partial charge in [-0.05, 0) is 47.0 Å². The first kappa shape index (κ1) is 17.7. The molecular formula is C17H12F4N2OS. The molecule has 1 N–H and O–H groups in total. The van der Waals surface area contributed by atoms with Crippen molar-refractivity contribution in [3.05, 3.63) is 58.4 Å². The van der Waals surface area contributed by atoms with Crippen LogP contribution in [0.1, 0.15) is 33.9 Å². The summed E-state index contributed by atoms with van der Waals surface area (Å²) in [6.07, 6.45) is -0.0943. The zero-order valence-corrected chi connectivity index (χ0v) is 13.5. The molecule has 2 aromatic rings. The molecule has 0 bridgehead atoms. The average molecular weight is 368 g/mol. The number of nitriles is 1. The van der Waals surface area contributed by atoms with E-state index in [2.05, 4.69) is 4.98 Å². The highest BCUT2D eigenvalue weighted by atomic mass is 32.2. The fraction of sp³-hybridized carbons (Fsp3) is 0.294. The van der Waals surface area contributed by atoms with Crippen molar-refractivity contribution < 1.29 is 22.7 Å². The Kier molecular flexibility index (Phi) is 4.71. The molecule has 1 aliphatic rings. The molecule has 1 heterocycles. The van der Waals surface area contributed by atoms with Crippen LogP contribution in [0.4, 0.5) is 17.6 Å². The average Bonchev–Trinajstić information content (AvgIpc) is 2.85. The minimum Gasteiger partial charge on any atom is -0.385 e. The second-order valence-corrected chi connectivity index (χ2v) is 6.81. The van der Waals surface area contributed by atoms with E-state index in [9.17, 15) is 22.7 Å². The van der Waals surface area contributed by atoms with Crippen molar-refractivity contribution in [1.82, 2.24) is 4.98 Å². The van der Waals surface area contributed by atoms with Gasteiger partial charge in [0.05, 0.1) is 5.56 Å². The summed E-state index contributed by atoms with van der Waals surface area (Å²) in [5.41, 5.74) is -2.43. The summed E-state index contributed by atoms with van der Waals surface area (Å²) in [5, 5.41) is 18.9. The molecule has 0 saturated carbocycles. The molecule has 0 spiro atoms. The zero-order chi connectivity index (χ0) is 18.2. The van der Waals surface area contributed by atoms with Crippen molar-refractivity contribution in [3.8, 4) is 6.07 Å². The van der Waals surface area contributed by atoms with Gasteiger partial charge in [0, 0.05) is 29.3 Å². The summed E-state index contributed by atoms with van der Waals surface area (Å²) >= 11 is -0.349. The maximum absolute atomic E-state index is 14.0. The number of alkyl halides is 4. The van der Waals surface area contributed by atoms with E-state index in [0.717, 1.165) is 0 Å². The lowest BCUT2D eigenvalue weighted by molar-refractivity contribution is -0.0329. The third kappa shape index (κ3) is 3.78. The first-order valence-electron chi connectivity index (χ1n) is 7.35. The molecule has 2 unspecified atom stereocenters. The van der Waals surface area contributed by atoms with Gasteiger partial charge in [-0.1, -0.05) is 6.07 Å². The summed E-state index contributed by atoms with van der Waals surface area (Å²) in [6, 6.07) is 6.35. The Labute approximate surface area is 145 Å². The van der Waals surface area contributed by atoms with Crippen LogP contribution in [0.15, 0.2) is 35.5 Å². The molecule has 0 radical (unpaired) electrons. The van der Waals surface area contributed by atoms with Crippen LogP contribution in [0.3, 0.4) is 0 Å². The molecule has 25 heavy (non-hydrogen) atoms. The minimum absolute atomic E-state index is 0.0109. The molecule has 0 amide bonds. The molecule has 0 fully saturated rings. The number of aromatic nitrogens is 1. The normalized spacial score (nSPS) is 19.5. The van der Waals surface area contributed by atoms with Crippen molar-refractivity contribution in [1.29, 1.82) is 5.26 Å². The van der Waals surface area contributed by atoms with Gasteiger partial charge in [0.1, 0.15) is 18.3 Å². The molecule has 2 atom stereocenters. The van der Waals surface area contributed by atoms with Gasteiger partial charge in [0.25, 0.3) is 0 Å². The SMILES string of the molecule is N#Cc1cncc(Cc2ccc(SC(F)(F)F)c3c2CC(F)C3O)c1. The van der Waals surface area contributed by atoms with Crippen LogP contribution >= 0.6 is 11.8 Å². The Morgan fingerprint density at radius 2 is 2.08 bits per heavy atom. The van der Waals surface area contributed by atoms with E-state index in [1.54, 1.807) is 12.3 Å². The minimum atomic E-state index is -4.52. The topological polar surface area (TPSA) is 56.9 Å². The third-order valence-electron chi connectivity index (χ3n) is 4.00. The number of aliphatic hydroxyl groups is 1. The van der Waals surface area contributed by atoms with Crippen LogP contribution in [0.25, 0.3) is 0 Å². The van der Waals surface area contributed by atoms with Crippen LogP contribution in [-0.2, 0) is 12.8 Å². The lowest BCUT2D eigenvalue weighted by Gasteiger charge is -2.16. The lowest BCUT2D eigenvalue weighted by atomic mass is 9.97. The van der Waals surface area contributed by atoms with Gasteiger partial charge in [-0.2, -0.15) is 18.4 Å². The number of halogens is 4. The second-order valence-electron chi connectivity index (χ2n) is 5.70. The van der Waals surface area contributed by atoms with Gasteiger partial charge in [-0.3, -0.25) is 4.98 Å². The Morgan fingerprint density at radius 1 is 1.32 bits per heavy atom. The second kappa shape index (κ2) is 6.65. The van der Waals surface area contributed by atoms with E-state index < -0.39 is 17.8 Å². The molecule has 3 rings (SSSR count). The standard InChI is InChI=1S/C17H12F4N2OS/c18-13-5-12-11(4-9-3-10(6-22)8-23-7-9)1-2-14(15(12)16(13)24)25-17(19,20)21/h1-3,7-8,13,16,24H,4-5H2. The first-order chi connectivity index (χ1) is 11.8. The van der Waals surface area contributed by atoms with Gasteiger partial charge in [0.15, 0.2) is 0 Å². The predicted octanol–water partition coefficient (Wildman–Crippen LogP) is 4.08. The van der Waals surface area contributed by atoms with E-state index in [1.807, 2.05) is 6.07 Å². The largest absolute Gasteiger partial charge is 0.446 e. The van der Waals surface area contributed by atoms with Gasteiger partial charge in [0.2, 0.25) is 0 Å². The molecule has 130 valence electrons. The Hall–Kier alpha value is -2.11. The van der Waals surface area contributed by atoms with Gasteiger partial charge >= 0.3 is 5.51 Å². The molecule has 8 heteroatoms. The Balaban J connectivity index is 2.01. The van der Waals surface area contributed by atoms with Crippen LogP contribution in [0.2, 0.25) is 0 Å². The van der Waals surface area contributed by atoms with Crippen molar-refractivity contribution >= 4 is 11.8 Å². The molecule has 1 aromatic carbocycles. The Bertz CT molecular complexity index is 848. The van der Waals surface area contributed by atoms with E-state index >= 15 is 0 Å². The first-order valence-corrected chi connectivity index (χ1v) is 8.16. The summed E-state index contributed by atoms with van der Waals surface area (Å²) in [4.78, 5) is 3.76. The van der Waals surface area contributed by atoms with Crippen LogP contribution < -0.4 is 0 Å². The predicted molar refractivity (Wildman–Crippen MR) is 83.7 cm³/mol. The summed E-state index contributed by atoms with van der Waals surface area (Å²) < 4.78 is 52.1. The fourth-order valence-electron chi connectivity index (χ4n) is 2.99. The van der Waals surface area contributed by atoms with Crippen molar-refractivity contribution in [3.63, 3.8) is 0 Å². The van der Waals surface area contributed by atoms with Gasteiger partial charge in [-0.25, -0.2) is 4.39 Å². The molecule has 1 aromatic heterocycles. The number of benzene rings is 1. The lowest BCUT2D eigenvalue weighted by Crippen LogP contribution is -2.08. The number of pyridine rings is 1. The summed E-state index contributed by atoms with van der Waals surface area (Å²) in [7, 11) is 0. The highest BCUT2D eigenvalue weighted by molar-refractivity contribution is 8.00. The van der Waals surface area contributed by atoms with Crippen molar-refractivity contribution in [2.75, 3.05) is 0 Å². The number of fused-ring (bicyclic) bond motifs is 1. The maximum atomic E-state index is 14.0. The Morgan fingerprint density at radius 3 is 2.76 bits per heavy atom. The molecule has 1 aliphatic carbocycles. The molecule has 0 aliphatic heterocycles. The third-order valence-corrected chi connectivity index (χ3v) is 4.80. The van der Waals surface area contributed by atoms with E-state index in [1.165, 1.54) is 18.3 Å². The van der Waals surface area contributed by atoms with Crippen molar-refractivity contribution in [2.45, 2.75) is 35.5 Å². The monoisotopic (exact) mass is 368 g/mol. The quantitative estimate of drug-likeness (QED) is 0.655. The van der Waals surface area contributed by atoms with Crippen LogP contribution in [-0.4, -0.2) is 21.8 Å². The smallest absolute Gasteiger partial charge is 0.385 e. The van der Waals surface area contributed by atoms with Gasteiger partial charge in [-0.15, -0.1) is 0 Å². The van der Waals surface area contributed by atoms with Gasteiger partial charge < -0.3 is 5.11 Å². The highest BCUT2D eigenvalue weighted by Gasteiger charge is 2.38. The van der Waals surface area contributed by atoms with E-state index in [4.69, 9.17) is 5.26 Å². The number of rotatable bonds is 3. The van der Waals surface area contributed by atoms with Crippen LogP contribution in [0.5, 0.6) is 0 Å². The molecule has 3 nitrogen and oxygen atoms in total. The van der Waals surface area contributed by atoms with Crippen molar-refractivity contribution in [2.24, 2.45) is 0 Å². The van der Waals surface area contributed by atoms with Crippen LogP contribution in [0, 0.1) is 11.3 Å². The zero-order valence-electron chi connectivity index (χ0n) is 12.7. The van der Waals surface area contributed by atoms with E-state index in [-0.39, 0.29) is 28.6 Å². The maximum Gasteiger partial charge on any atom is 0.446 e. The fourth-order valence-corrected chi connectivity index (χ4v) is 3.73. The molecule has 0 saturated heterocycles.